The number of halogens is 6. The highest BCUT2D eigenvalue weighted by Gasteiger charge is 2.37. The molecule has 138 valence electrons. The fraction of sp³-hybridized carbons (Fsp3) is 0.214. The summed E-state index contributed by atoms with van der Waals surface area (Å²) in [6.45, 7) is 0. The van der Waals surface area contributed by atoms with Gasteiger partial charge in [-0.3, -0.25) is 0 Å². The molecule has 0 saturated heterocycles. The van der Waals surface area contributed by atoms with Crippen molar-refractivity contribution in [3.63, 3.8) is 0 Å². The van der Waals surface area contributed by atoms with Crippen LogP contribution in [0.25, 0.3) is 17.2 Å². The van der Waals surface area contributed by atoms with Gasteiger partial charge in [-0.25, -0.2) is 9.97 Å². The zero-order valence-corrected chi connectivity index (χ0v) is 13.0. The van der Waals surface area contributed by atoms with Gasteiger partial charge in [-0.1, -0.05) is 0 Å². The van der Waals surface area contributed by atoms with E-state index in [9.17, 15) is 26.3 Å². The highest BCUT2D eigenvalue weighted by Crippen LogP contribution is 2.38. The largest absolute Gasteiger partial charge is 0.416 e. The summed E-state index contributed by atoms with van der Waals surface area (Å²) in [6, 6.07) is 1.16. The molecule has 0 aliphatic heterocycles. The minimum Gasteiger partial charge on any atom is -0.381 e. The molecule has 1 aromatic carbocycles. The first-order valence-electron chi connectivity index (χ1n) is 6.95. The molecule has 0 amide bonds. The predicted octanol–water partition coefficient (Wildman–Crippen LogP) is 3.29. The zero-order chi connectivity index (χ0) is 19.3. The Kier molecular flexibility index (Phi) is 3.92. The van der Waals surface area contributed by atoms with E-state index in [0.717, 1.165) is 11.0 Å². The quantitative estimate of drug-likeness (QED) is 0.697. The molecule has 0 spiro atoms. The summed E-state index contributed by atoms with van der Waals surface area (Å²) in [7, 11) is 1.59. The second-order valence-electron chi connectivity index (χ2n) is 5.37. The first-order chi connectivity index (χ1) is 12.0. The van der Waals surface area contributed by atoms with Crippen LogP contribution in [0.15, 0.2) is 30.9 Å². The Labute approximate surface area is 141 Å². The normalized spacial score (nSPS) is 12.6. The third kappa shape index (κ3) is 3.21. The Balaban J connectivity index is 2.13. The minimum atomic E-state index is -4.95. The van der Waals surface area contributed by atoms with Gasteiger partial charge in [-0.2, -0.15) is 31.0 Å². The summed E-state index contributed by atoms with van der Waals surface area (Å²) >= 11 is 0. The molecule has 2 aromatic heterocycles. The zero-order valence-electron chi connectivity index (χ0n) is 13.0. The smallest absolute Gasteiger partial charge is 0.381 e. The lowest BCUT2D eigenvalue weighted by Crippen LogP contribution is -2.11. The average Bonchev–Trinajstić information content (AvgIpc) is 3.12. The lowest BCUT2D eigenvalue weighted by atomic mass is 10.0. The lowest BCUT2D eigenvalue weighted by Gasteiger charge is -2.13. The third-order valence-corrected chi connectivity index (χ3v) is 3.49. The van der Waals surface area contributed by atoms with Crippen LogP contribution in [0.2, 0.25) is 0 Å². The molecule has 0 fully saturated rings. The number of hydrogen-bond donors (Lipinski definition) is 1. The van der Waals surface area contributed by atoms with Gasteiger partial charge in [-0.15, -0.1) is 5.10 Å². The summed E-state index contributed by atoms with van der Waals surface area (Å²) < 4.78 is 80.3. The number of nitrogen functional groups attached to an aromatic ring is 1. The Morgan fingerprint density at radius 3 is 1.92 bits per heavy atom. The number of nitrogens with zero attached hydrogens (tertiary/aromatic N) is 5. The van der Waals surface area contributed by atoms with Crippen LogP contribution in [0.5, 0.6) is 0 Å². The number of imidazole rings is 1. The van der Waals surface area contributed by atoms with Crippen LogP contribution >= 0.6 is 0 Å². The van der Waals surface area contributed by atoms with Gasteiger partial charge in [0.2, 0.25) is 0 Å². The molecule has 0 aliphatic carbocycles. The van der Waals surface area contributed by atoms with Crippen LogP contribution in [-0.2, 0) is 19.4 Å². The molecule has 12 heteroatoms. The highest BCUT2D eigenvalue weighted by molar-refractivity contribution is 5.59. The number of rotatable bonds is 2. The van der Waals surface area contributed by atoms with E-state index in [-0.39, 0.29) is 23.5 Å². The van der Waals surface area contributed by atoms with Gasteiger partial charge in [0, 0.05) is 12.6 Å². The molecule has 2 heterocycles. The monoisotopic (exact) mass is 376 g/mol. The van der Waals surface area contributed by atoms with Crippen molar-refractivity contribution in [1.29, 1.82) is 0 Å². The van der Waals surface area contributed by atoms with Crippen molar-refractivity contribution in [3.8, 4) is 17.2 Å². The van der Waals surface area contributed by atoms with Gasteiger partial charge in [-0.05, 0) is 18.2 Å². The number of aromatic nitrogens is 5. The number of benzene rings is 1. The molecule has 0 unspecified atom stereocenters. The minimum absolute atomic E-state index is 0.0413. The number of anilines is 1. The first-order valence-corrected chi connectivity index (χ1v) is 6.95. The van der Waals surface area contributed by atoms with Crippen molar-refractivity contribution in [2.45, 2.75) is 12.4 Å². The van der Waals surface area contributed by atoms with Crippen molar-refractivity contribution in [2.24, 2.45) is 7.05 Å². The maximum absolute atomic E-state index is 12.9. The van der Waals surface area contributed by atoms with E-state index in [4.69, 9.17) is 5.73 Å². The molecule has 0 radical (unpaired) electrons. The molecule has 2 N–H and O–H groups in total. The van der Waals surface area contributed by atoms with Crippen molar-refractivity contribution < 1.29 is 26.3 Å². The van der Waals surface area contributed by atoms with E-state index >= 15 is 0 Å². The van der Waals surface area contributed by atoms with Crippen molar-refractivity contribution in [3.05, 3.63) is 42.0 Å². The predicted molar refractivity (Wildman–Crippen MR) is 78.0 cm³/mol. The molecule has 26 heavy (non-hydrogen) atoms. The van der Waals surface area contributed by atoms with Crippen LogP contribution in [0.1, 0.15) is 11.1 Å². The maximum Gasteiger partial charge on any atom is 0.416 e. The molecule has 0 aliphatic rings. The Morgan fingerprint density at radius 1 is 0.885 bits per heavy atom. The van der Waals surface area contributed by atoms with Crippen LogP contribution in [0.4, 0.5) is 32.2 Å². The molecule has 3 rings (SSSR count). The summed E-state index contributed by atoms with van der Waals surface area (Å²) in [4.78, 5) is 7.61. The van der Waals surface area contributed by atoms with Crippen LogP contribution < -0.4 is 5.73 Å². The van der Waals surface area contributed by atoms with Gasteiger partial charge in [0.25, 0.3) is 0 Å². The average molecular weight is 376 g/mol. The second kappa shape index (κ2) is 5.75. The fourth-order valence-corrected chi connectivity index (χ4v) is 2.30. The number of alkyl halides is 6. The van der Waals surface area contributed by atoms with Crippen LogP contribution in [0, 0.1) is 0 Å². The summed E-state index contributed by atoms with van der Waals surface area (Å²) in [5.41, 5.74) is 2.35. The summed E-state index contributed by atoms with van der Waals surface area (Å²) in [6.07, 6.45) is -7.41. The molecule has 0 bridgehead atoms. The Bertz CT molecular complexity index is 900. The van der Waals surface area contributed by atoms with Crippen molar-refractivity contribution in [2.75, 3.05) is 5.73 Å². The van der Waals surface area contributed by atoms with E-state index in [0.29, 0.717) is 12.1 Å². The lowest BCUT2D eigenvalue weighted by molar-refractivity contribution is -0.143. The first kappa shape index (κ1) is 17.8. The molecule has 3 aromatic rings. The fourth-order valence-electron chi connectivity index (χ4n) is 2.30. The van der Waals surface area contributed by atoms with Crippen LogP contribution in [-0.4, -0.2) is 24.3 Å². The van der Waals surface area contributed by atoms with E-state index in [2.05, 4.69) is 15.1 Å². The third-order valence-electron chi connectivity index (χ3n) is 3.49. The van der Waals surface area contributed by atoms with Gasteiger partial charge in [0.05, 0.1) is 17.5 Å². The molecular weight excluding hydrogens is 366 g/mol. The van der Waals surface area contributed by atoms with Gasteiger partial charge < -0.3 is 10.3 Å². The molecule has 6 nitrogen and oxygen atoms in total. The van der Waals surface area contributed by atoms with E-state index in [1.54, 1.807) is 7.05 Å². The molecule has 0 atom stereocenters. The number of aryl methyl sites for hydroxylation is 1. The topological polar surface area (TPSA) is 74.6 Å². The van der Waals surface area contributed by atoms with E-state index in [1.165, 1.54) is 10.9 Å². The number of hydrogen-bond acceptors (Lipinski definition) is 4. The van der Waals surface area contributed by atoms with Gasteiger partial charge in [0.1, 0.15) is 6.33 Å². The SMILES string of the molecule is Cn1cnc(N)c1-n1cnc(-c2cc(C(F)(F)F)cc(C(F)(F)F)c2)n1. The summed E-state index contributed by atoms with van der Waals surface area (Å²) in [5.74, 6) is 0.0259. The van der Waals surface area contributed by atoms with Crippen molar-refractivity contribution in [1.82, 2.24) is 24.3 Å². The summed E-state index contributed by atoms with van der Waals surface area (Å²) in [5, 5.41) is 3.92. The van der Waals surface area contributed by atoms with E-state index < -0.39 is 29.0 Å². The highest BCUT2D eigenvalue weighted by atomic mass is 19.4. The van der Waals surface area contributed by atoms with E-state index in [1.807, 2.05) is 0 Å². The standard InChI is InChI=1S/C14H10F6N6/c1-25-5-22-10(21)12(25)26-6-23-11(24-26)7-2-8(13(15,16)17)4-9(3-7)14(18,19)20/h2-6H,21H2,1H3. The van der Waals surface area contributed by atoms with Crippen molar-refractivity contribution >= 4 is 5.82 Å². The molecule has 0 saturated carbocycles. The van der Waals surface area contributed by atoms with Gasteiger partial charge >= 0.3 is 12.4 Å². The van der Waals surface area contributed by atoms with Crippen LogP contribution in [0.3, 0.4) is 0 Å². The Hall–Kier alpha value is -3.05. The number of nitrogens with two attached hydrogens (primary N) is 1. The second-order valence-corrected chi connectivity index (χ2v) is 5.37. The van der Waals surface area contributed by atoms with Gasteiger partial charge in [0.15, 0.2) is 17.5 Å². The molecular formula is C14H10F6N6. The Morgan fingerprint density at radius 2 is 1.46 bits per heavy atom. The maximum atomic E-state index is 12.9.